The number of nitrogens with zero attached hydrogens (tertiary/aromatic N) is 4. The molecule has 20 heavy (non-hydrogen) atoms. The first-order chi connectivity index (χ1) is 9.67. The van der Waals surface area contributed by atoms with E-state index >= 15 is 0 Å². The Kier molecular flexibility index (Phi) is 3.94. The number of likely N-dealkylation sites (tertiary alicyclic amines) is 1. The Morgan fingerprint density at radius 2 is 2.10 bits per heavy atom. The van der Waals surface area contributed by atoms with Gasteiger partial charge in [0, 0.05) is 12.7 Å². The Bertz CT molecular complexity index is 599. The second kappa shape index (κ2) is 5.70. The molecule has 0 spiro atoms. The molecule has 0 atom stereocenters. The van der Waals surface area contributed by atoms with Crippen molar-refractivity contribution in [3.8, 4) is 0 Å². The summed E-state index contributed by atoms with van der Waals surface area (Å²) in [6, 6.07) is 2.09. The molecule has 0 unspecified atom stereocenters. The van der Waals surface area contributed by atoms with Crippen LogP contribution in [0, 0.1) is 12.8 Å². The fourth-order valence-electron chi connectivity index (χ4n) is 2.96. The summed E-state index contributed by atoms with van der Waals surface area (Å²) in [5.41, 5.74) is 3.08. The zero-order chi connectivity index (χ0) is 14.1. The summed E-state index contributed by atoms with van der Waals surface area (Å²) in [7, 11) is 2.19. The van der Waals surface area contributed by atoms with Crippen LogP contribution in [0.4, 0.5) is 0 Å². The van der Waals surface area contributed by atoms with E-state index in [2.05, 4.69) is 32.5 Å². The number of hydrogen-bond donors (Lipinski definition) is 0. The van der Waals surface area contributed by atoms with Crippen LogP contribution >= 0.6 is 11.6 Å². The van der Waals surface area contributed by atoms with Gasteiger partial charge < -0.3 is 9.47 Å². The van der Waals surface area contributed by atoms with Crippen molar-refractivity contribution in [1.82, 2.24) is 19.4 Å². The highest BCUT2D eigenvalue weighted by Gasteiger charge is 2.20. The fourth-order valence-corrected chi connectivity index (χ4v) is 3.16. The highest BCUT2D eigenvalue weighted by molar-refractivity contribution is 6.16. The van der Waals surface area contributed by atoms with Crippen molar-refractivity contribution in [2.45, 2.75) is 32.2 Å². The van der Waals surface area contributed by atoms with Crippen molar-refractivity contribution >= 4 is 22.8 Å². The lowest BCUT2D eigenvalue weighted by Crippen LogP contribution is -2.32. The highest BCUT2D eigenvalue weighted by Crippen LogP contribution is 2.23. The third kappa shape index (κ3) is 2.67. The van der Waals surface area contributed by atoms with Gasteiger partial charge in [0.25, 0.3) is 0 Å². The van der Waals surface area contributed by atoms with E-state index in [1.807, 2.05) is 13.1 Å². The van der Waals surface area contributed by atoms with Gasteiger partial charge in [0.1, 0.15) is 11.3 Å². The van der Waals surface area contributed by atoms with Gasteiger partial charge >= 0.3 is 0 Å². The summed E-state index contributed by atoms with van der Waals surface area (Å²) in [6.45, 7) is 5.39. The van der Waals surface area contributed by atoms with E-state index in [0.29, 0.717) is 11.8 Å². The van der Waals surface area contributed by atoms with Gasteiger partial charge in [0.05, 0.1) is 5.88 Å². The van der Waals surface area contributed by atoms with Crippen LogP contribution in [0.3, 0.4) is 0 Å². The molecule has 1 saturated heterocycles. The van der Waals surface area contributed by atoms with Gasteiger partial charge in [0.15, 0.2) is 5.65 Å². The van der Waals surface area contributed by atoms with Crippen LogP contribution in [0.15, 0.2) is 12.3 Å². The maximum absolute atomic E-state index is 6.06. The van der Waals surface area contributed by atoms with Crippen molar-refractivity contribution in [2.24, 2.45) is 5.92 Å². The number of rotatable bonds is 3. The number of halogens is 1. The summed E-state index contributed by atoms with van der Waals surface area (Å²) < 4.78 is 2.22. The average Bonchev–Trinajstić information content (AvgIpc) is 2.78. The molecule has 3 heterocycles. The molecule has 0 N–H and O–H groups in total. The Labute approximate surface area is 124 Å². The minimum absolute atomic E-state index is 0.446. The molecule has 3 rings (SSSR count). The minimum Gasteiger partial charge on any atom is -0.311 e. The van der Waals surface area contributed by atoms with Gasteiger partial charge in [-0.2, -0.15) is 0 Å². The number of fused-ring (bicyclic) bond motifs is 1. The first-order valence-corrected chi connectivity index (χ1v) is 7.77. The standard InChI is InChI=1S/C15H21ClN4/c1-11-7-13-15(17-9-11)20(14(8-16)18-13)10-12-3-5-19(2)6-4-12/h7,9,12H,3-6,8,10H2,1-2H3. The van der Waals surface area contributed by atoms with Gasteiger partial charge in [0.2, 0.25) is 0 Å². The summed E-state index contributed by atoms with van der Waals surface area (Å²) in [6.07, 6.45) is 4.39. The predicted molar refractivity (Wildman–Crippen MR) is 82.0 cm³/mol. The zero-order valence-corrected chi connectivity index (χ0v) is 12.9. The zero-order valence-electron chi connectivity index (χ0n) is 12.1. The molecule has 0 aromatic carbocycles. The lowest BCUT2D eigenvalue weighted by Gasteiger charge is -2.29. The summed E-state index contributed by atoms with van der Waals surface area (Å²) in [5.74, 6) is 2.09. The molecule has 5 heteroatoms. The molecule has 1 fully saturated rings. The Morgan fingerprint density at radius 1 is 1.35 bits per heavy atom. The monoisotopic (exact) mass is 292 g/mol. The lowest BCUT2D eigenvalue weighted by atomic mass is 9.97. The number of imidazole rings is 1. The van der Waals surface area contributed by atoms with Gasteiger partial charge in [-0.05, 0) is 57.5 Å². The van der Waals surface area contributed by atoms with E-state index < -0.39 is 0 Å². The van der Waals surface area contributed by atoms with E-state index in [1.165, 1.54) is 25.9 Å². The number of aromatic nitrogens is 3. The van der Waals surface area contributed by atoms with E-state index in [-0.39, 0.29) is 0 Å². The second-order valence-corrected chi connectivity index (χ2v) is 6.14. The summed E-state index contributed by atoms with van der Waals surface area (Å²) in [5, 5.41) is 0. The summed E-state index contributed by atoms with van der Waals surface area (Å²) in [4.78, 5) is 11.6. The largest absolute Gasteiger partial charge is 0.311 e. The number of pyridine rings is 1. The maximum atomic E-state index is 6.06. The van der Waals surface area contributed by atoms with E-state index in [0.717, 1.165) is 29.1 Å². The van der Waals surface area contributed by atoms with Crippen molar-refractivity contribution in [3.05, 3.63) is 23.7 Å². The Balaban J connectivity index is 1.89. The number of alkyl halides is 1. The molecular formula is C15H21ClN4. The molecule has 0 aliphatic carbocycles. The first kappa shape index (κ1) is 13.8. The van der Waals surface area contributed by atoms with Gasteiger partial charge in [-0.1, -0.05) is 0 Å². The Morgan fingerprint density at radius 3 is 2.80 bits per heavy atom. The third-order valence-corrected chi connectivity index (χ3v) is 4.44. The SMILES string of the molecule is Cc1cnc2c(c1)nc(CCl)n2CC1CCN(C)CC1. The molecule has 108 valence electrons. The van der Waals surface area contributed by atoms with Crippen LogP contribution in [-0.4, -0.2) is 39.6 Å². The number of hydrogen-bond acceptors (Lipinski definition) is 3. The van der Waals surface area contributed by atoms with Crippen molar-refractivity contribution in [3.63, 3.8) is 0 Å². The average molecular weight is 293 g/mol. The molecule has 0 amide bonds. The van der Waals surface area contributed by atoms with Crippen LogP contribution < -0.4 is 0 Å². The molecular weight excluding hydrogens is 272 g/mol. The second-order valence-electron chi connectivity index (χ2n) is 5.87. The molecule has 4 nitrogen and oxygen atoms in total. The van der Waals surface area contributed by atoms with Crippen LogP contribution in [0.1, 0.15) is 24.2 Å². The van der Waals surface area contributed by atoms with Crippen LogP contribution in [0.25, 0.3) is 11.2 Å². The van der Waals surface area contributed by atoms with Crippen LogP contribution in [-0.2, 0) is 12.4 Å². The van der Waals surface area contributed by atoms with Crippen LogP contribution in [0.5, 0.6) is 0 Å². The Hall–Kier alpha value is -1.13. The molecule has 1 aliphatic heterocycles. The lowest BCUT2D eigenvalue weighted by molar-refractivity contribution is 0.205. The highest BCUT2D eigenvalue weighted by atomic mass is 35.5. The van der Waals surface area contributed by atoms with E-state index in [4.69, 9.17) is 11.6 Å². The molecule has 1 aliphatic rings. The quantitative estimate of drug-likeness (QED) is 0.816. The van der Waals surface area contributed by atoms with Gasteiger partial charge in [-0.3, -0.25) is 0 Å². The molecule has 2 aromatic heterocycles. The first-order valence-electron chi connectivity index (χ1n) is 7.23. The topological polar surface area (TPSA) is 34.0 Å². The molecule has 0 radical (unpaired) electrons. The van der Waals surface area contributed by atoms with E-state index in [9.17, 15) is 0 Å². The minimum atomic E-state index is 0.446. The van der Waals surface area contributed by atoms with Crippen molar-refractivity contribution in [1.29, 1.82) is 0 Å². The predicted octanol–water partition coefficient (Wildman–Crippen LogP) is 2.82. The van der Waals surface area contributed by atoms with Crippen molar-refractivity contribution in [2.75, 3.05) is 20.1 Å². The fraction of sp³-hybridized carbons (Fsp3) is 0.600. The number of piperidine rings is 1. The third-order valence-electron chi connectivity index (χ3n) is 4.20. The van der Waals surface area contributed by atoms with E-state index in [1.54, 1.807) is 0 Å². The molecule has 0 saturated carbocycles. The van der Waals surface area contributed by atoms with Crippen LogP contribution in [0.2, 0.25) is 0 Å². The number of aryl methyl sites for hydroxylation is 1. The normalized spacial score (nSPS) is 17.9. The molecule has 0 bridgehead atoms. The maximum Gasteiger partial charge on any atom is 0.160 e. The smallest absolute Gasteiger partial charge is 0.160 e. The van der Waals surface area contributed by atoms with Crippen molar-refractivity contribution < 1.29 is 0 Å². The van der Waals surface area contributed by atoms with Gasteiger partial charge in [-0.25, -0.2) is 9.97 Å². The summed E-state index contributed by atoms with van der Waals surface area (Å²) >= 11 is 6.06. The van der Waals surface area contributed by atoms with Gasteiger partial charge in [-0.15, -0.1) is 11.6 Å². The molecule has 2 aromatic rings.